The largest absolute Gasteiger partial charge is 0.377 e. The van der Waals surface area contributed by atoms with Gasteiger partial charge in [-0.05, 0) is 13.8 Å². The monoisotopic (exact) mass is 201 g/mol. The van der Waals surface area contributed by atoms with Crippen LogP contribution in [-0.2, 0) is 4.74 Å². The zero-order valence-corrected chi connectivity index (χ0v) is 8.92. The molecule has 1 heterocycles. The van der Waals surface area contributed by atoms with Gasteiger partial charge in [-0.25, -0.2) is 0 Å². The van der Waals surface area contributed by atoms with Gasteiger partial charge in [-0.15, -0.1) is 11.6 Å². The molecule has 0 aliphatic carbocycles. The summed E-state index contributed by atoms with van der Waals surface area (Å²) < 4.78 is 5.55. The van der Waals surface area contributed by atoms with Gasteiger partial charge in [-0.1, -0.05) is 6.08 Å². The first kappa shape index (κ1) is 10.7. The van der Waals surface area contributed by atoms with Crippen molar-refractivity contribution in [2.24, 2.45) is 4.99 Å². The topological polar surface area (TPSA) is 21.6 Å². The third-order valence-electron chi connectivity index (χ3n) is 2.12. The van der Waals surface area contributed by atoms with Crippen molar-refractivity contribution < 1.29 is 4.74 Å². The minimum Gasteiger partial charge on any atom is -0.377 e. The standard InChI is InChI=1S/C10H16ClNO/c1-3-8-7-10(13-4-2)9(11)5-6-12-8/h3,6,9-10H,4-5,7H2,1-2H3/b8-3+/t9-,10?/m1/s1. The summed E-state index contributed by atoms with van der Waals surface area (Å²) in [5, 5.41) is 0.0566. The van der Waals surface area contributed by atoms with E-state index >= 15 is 0 Å². The lowest BCUT2D eigenvalue weighted by molar-refractivity contribution is 0.0621. The average molecular weight is 202 g/mol. The normalized spacial score (nSPS) is 32.1. The van der Waals surface area contributed by atoms with E-state index in [1.807, 2.05) is 26.1 Å². The molecule has 0 aromatic rings. The summed E-state index contributed by atoms with van der Waals surface area (Å²) in [4.78, 5) is 4.30. The van der Waals surface area contributed by atoms with Gasteiger partial charge >= 0.3 is 0 Å². The minimum atomic E-state index is 0.0566. The van der Waals surface area contributed by atoms with E-state index in [1.165, 1.54) is 0 Å². The summed E-state index contributed by atoms with van der Waals surface area (Å²) >= 11 is 6.14. The number of halogens is 1. The molecule has 2 nitrogen and oxygen atoms in total. The summed E-state index contributed by atoms with van der Waals surface area (Å²) in [5.41, 5.74) is 1.07. The first-order valence-electron chi connectivity index (χ1n) is 4.71. The lowest BCUT2D eigenvalue weighted by atomic mass is 10.1. The maximum absolute atomic E-state index is 6.14. The van der Waals surface area contributed by atoms with Crippen molar-refractivity contribution in [3.8, 4) is 0 Å². The molecule has 74 valence electrons. The Morgan fingerprint density at radius 1 is 1.77 bits per heavy atom. The number of hydrogen-bond donors (Lipinski definition) is 0. The minimum absolute atomic E-state index is 0.0566. The smallest absolute Gasteiger partial charge is 0.0797 e. The molecule has 0 radical (unpaired) electrons. The molecule has 3 heteroatoms. The van der Waals surface area contributed by atoms with Gasteiger partial charge in [0, 0.05) is 31.4 Å². The molecule has 0 N–H and O–H groups in total. The summed E-state index contributed by atoms with van der Waals surface area (Å²) in [6.07, 6.45) is 5.63. The Labute approximate surface area is 84.6 Å². The molecule has 0 amide bonds. The van der Waals surface area contributed by atoms with Crippen LogP contribution in [0.5, 0.6) is 0 Å². The molecule has 1 rings (SSSR count). The molecule has 0 fully saturated rings. The number of ether oxygens (including phenoxy) is 1. The van der Waals surface area contributed by atoms with Crippen molar-refractivity contribution >= 4 is 17.8 Å². The quantitative estimate of drug-likeness (QED) is 0.630. The van der Waals surface area contributed by atoms with Crippen LogP contribution in [0.15, 0.2) is 16.8 Å². The molecule has 2 atom stereocenters. The van der Waals surface area contributed by atoms with Crippen molar-refractivity contribution in [1.29, 1.82) is 0 Å². The highest BCUT2D eigenvalue weighted by atomic mass is 35.5. The summed E-state index contributed by atoms with van der Waals surface area (Å²) in [5.74, 6) is 0. The molecular weight excluding hydrogens is 186 g/mol. The van der Waals surface area contributed by atoms with E-state index in [9.17, 15) is 0 Å². The Morgan fingerprint density at radius 2 is 2.54 bits per heavy atom. The van der Waals surface area contributed by atoms with Gasteiger partial charge in [0.25, 0.3) is 0 Å². The predicted molar refractivity (Wildman–Crippen MR) is 56.5 cm³/mol. The Kier molecular flexibility index (Phi) is 4.46. The van der Waals surface area contributed by atoms with Gasteiger partial charge in [0.2, 0.25) is 0 Å². The fraction of sp³-hybridized carbons (Fsp3) is 0.700. The SMILES string of the molecule is C/C=C1\CC(OCC)[C@H](Cl)CC=N1. The van der Waals surface area contributed by atoms with Crippen molar-refractivity contribution in [3.63, 3.8) is 0 Å². The van der Waals surface area contributed by atoms with Gasteiger partial charge in [-0.2, -0.15) is 0 Å². The van der Waals surface area contributed by atoms with Crippen molar-refractivity contribution in [2.75, 3.05) is 6.61 Å². The van der Waals surface area contributed by atoms with Crippen LogP contribution in [0.1, 0.15) is 26.7 Å². The van der Waals surface area contributed by atoms with Crippen molar-refractivity contribution in [1.82, 2.24) is 0 Å². The fourth-order valence-electron chi connectivity index (χ4n) is 1.38. The highest BCUT2D eigenvalue weighted by Gasteiger charge is 2.22. The molecule has 1 aliphatic heterocycles. The molecule has 0 aromatic heterocycles. The van der Waals surface area contributed by atoms with Crippen molar-refractivity contribution in [3.05, 3.63) is 11.8 Å². The number of rotatable bonds is 2. The maximum atomic E-state index is 6.14. The first-order chi connectivity index (χ1) is 6.27. The van der Waals surface area contributed by atoms with Gasteiger partial charge in [-0.3, -0.25) is 4.99 Å². The van der Waals surface area contributed by atoms with Crippen LogP contribution < -0.4 is 0 Å². The number of alkyl halides is 1. The molecule has 0 aromatic carbocycles. The second-order valence-electron chi connectivity index (χ2n) is 3.04. The number of hydrogen-bond acceptors (Lipinski definition) is 2. The summed E-state index contributed by atoms with van der Waals surface area (Å²) in [7, 11) is 0. The van der Waals surface area contributed by atoms with Crippen LogP contribution in [0.2, 0.25) is 0 Å². The number of nitrogens with zero attached hydrogens (tertiary/aromatic N) is 1. The molecule has 1 unspecified atom stereocenters. The summed E-state index contributed by atoms with van der Waals surface area (Å²) in [6, 6.07) is 0. The van der Waals surface area contributed by atoms with Crippen LogP contribution in [-0.4, -0.2) is 24.3 Å². The number of allylic oxidation sites excluding steroid dienone is 1. The molecule has 0 saturated carbocycles. The molecule has 13 heavy (non-hydrogen) atoms. The number of aliphatic imine (C=N–C) groups is 1. The van der Waals surface area contributed by atoms with Crippen LogP contribution in [0.25, 0.3) is 0 Å². The van der Waals surface area contributed by atoms with E-state index in [0.29, 0.717) is 6.61 Å². The highest BCUT2D eigenvalue weighted by Crippen LogP contribution is 2.22. The fourth-order valence-corrected chi connectivity index (χ4v) is 1.62. The highest BCUT2D eigenvalue weighted by molar-refractivity contribution is 6.21. The van der Waals surface area contributed by atoms with E-state index in [4.69, 9.17) is 16.3 Å². The van der Waals surface area contributed by atoms with E-state index in [1.54, 1.807) is 0 Å². The molecule has 0 bridgehead atoms. The Morgan fingerprint density at radius 3 is 3.15 bits per heavy atom. The van der Waals surface area contributed by atoms with E-state index in [0.717, 1.165) is 18.5 Å². The Balaban J connectivity index is 2.62. The van der Waals surface area contributed by atoms with Gasteiger partial charge in [0.1, 0.15) is 0 Å². The predicted octanol–water partition coefficient (Wildman–Crippen LogP) is 2.77. The van der Waals surface area contributed by atoms with E-state index in [2.05, 4.69) is 4.99 Å². The van der Waals surface area contributed by atoms with Gasteiger partial charge in [0.15, 0.2) is 0 Å². The second-order valence-corrected chi connectivity index (χ2v) is 3.60. The zero-order valence-electron chi connectivity index (χ0n) is 8.16. The van der Waals surface area contributed by atoms with Gasteiger partial charge < -0.3 is 4.74 Å². The van der Waals surface area contributed by atoms with E-state index < -0.39 is 0 Å². The zero-order chi connectivity index (χ0) is 9.68. The molecule has 0 spiro atoms. The maximum Gasteiger partial charge on any atom is 0.0797 e. The second kappa shape index (κ2) is 5.40. The Bertz CT molecular complexity index is 213. The van der Waals surface area contributed by atoms with Crippen LogP contribution in [0, 0.1) is 0 Å². The summed E-state index contributed by atoms with van der Waals surface area (Å²) in [6.45, 7) is 4.69. The Hall–Kier alpha value is -0.340. The lowest BCUT2D eigenvalue weighted by Gasteiger charge is -2.18. The third-order valence-corrected chi connectivity index (χ3v) is 2.57. The molecule has 1 aliphatic rings. The lowest BCUT2D eigenvalue weighted by Crippen LogP contribution is -2.24. The van der Waals surface area contributed by atoms with Crippen molar-refractivity contribution in [2.45, 2.75) is 38.2 Å². The third kappa shape index (κ3) is 3.12. The average Bonchev–Trinajstić information content (AvgIpc) is 2.30. The molecular formula is C10H16ClNO. The molecule has 0 saturated heterocycles. The van der Waals surface area contributed by atoms with Crippen LogP contribution >= 0.6 is 11.6 Å². The first-order valence-corrected chi connectivity index (χ1v) is 5.15. The van der Waals surface area contributed by atoms with E-state index in [-0.39, 0.29) is 11.5 Å². The van der Waals surface area contributed by atoms with Crippen LogP contribution in [0.4, 0.5) is 0 Å². The van der Waals surface area contributed by atoms with Crippen LogP contribution in [0.3, 0.4) is 0 Å². The van der Waals surface area contributed by atoms with Gasteiger partial charge in [0.05, 0.1) is 11.5 Å².